The molecule has 154 valence electrons. The smallest absolute Gasteiger partial charge is 0.508 e. The summed E-state index contributed by atoms with van der Waals surface area (Å²) in [4.78, 5) is 24.1. The van der Waals surface area contributed by atoms with Crippen LogP contribution < -0.4 is 15.4 Å². The van der Waals surface area contributed by atoms with Gasteiger partial charge in [-0.1, -0.05) is 18.2 Å². The van der Waals surface area contributed by atoms with Crippen LogP contribution in [0, 0.1) is 5.92 Å². The highest BCUT2D eigenvalue weighted by molar-refractivity contribution is 5.94. The van der Waals surface area contributed by atoms with Crippen LogP contribution in [0.3, 0.4) is 0 Å². The summed E-state index contributed by atoms with van der Waals surface area (Å²) in [5, 5.41) is 14.5. The zero-order valence-electron chi connectivity index (χ0n) is 15.2. The molecular weight excluding hydrogens is 389 g/mol. The molecule has 0 unspecified atom stereocenters. The molecular formula is C20H19F3N2O4. The molecule has 0 spiro atoms. The maximum atomic E-state index is 12.5. The molecule has 2 aromatic carbocycles. The lowest BCUT2D eigenvalue weighted by molar-refractivity contribution is -0.274. The van der Waals surface area contributed by atoms with Crippen molar-refractivity contribution in [1.29, 1.82) is 0 Å². The topological polar surface area (TPSA) is 87.7 Å². The standard InChI is InChI=1S/C20H19F3N2O4/c21-20(22,23)29-17-4-2-1-3-14(17)15-11-16(15)19(28)25-10-9-24-18(27)12-5-7-13(26)8-6-12/h1-8,15-16,26H,9-11H2,(H,24,27)(H,25,28)/t15-,16-/m0/s1. The first-order valence-corrected chi connectivity index (χ1v) is 8.94. The molecule has 2 amide bonds. The number of phenols is 1. The molecule has 0 bridgehead atoms. The number of alkyl halides is 3. The molecule has 1 saturated carbocycles. The number of benzene rings is 2. The number of rotatable bonds is 7. The molecule has 2 atom stereocenters. The van der Waals surface area contributed by atoms with E-state index in [4.69, 9.17) is 0 Å². The number of phenolic OH excluding ortho intramolecular Hbond substituents is 1. The summed E-state index contributed by atoms with van der Waals surface area (Å²) in [5.41, 5.74) is 0.725. The summed E-state index contributed by atoms with van der Waals surface area (Å²) in [6.07, 6.45) is -4.36. The molecule has 0 aliphatic heterocycles. The third kappa shape index (κ3) is 5.63. The van der Waals surface area contributed by atoms with Crippen LogP contribution in [0.4, 0.5) is 13.2 Å². The van der Waals surface area contributed by atoms with Crippen molar-refractivity contribution < 1.29 is 32.6 Å². The minimum absolute atomic E-state index is 0.0509. The summed E-state index contributed by atoms with van der Waals surface area (Å²) in [6.45, 7) is 0.378. The van der Waals surface area contributed by atoms with Crippen molar-refractivity contribution >= 4 is 11.8 Å². The third-order valence-corrected chi connectivity index (χ3v) is 4.51. The Kier molecular flexibility index (Phi) is 5.95. The van der Waals surface area contributed by atoms with Crippen molar-refractivity contribution in [3.63, 3.8) is 0 Å². The normalized spacial score (nSPS) is 18.0. The highest BCUT2D eigenvalue weighted by atomic mass is 19.4. The lowest BCUT2D eigenvalue weighted by Gasteiger charge is -2.13. The number of amides is 2. The molecule has 0 radical (unpaired) electrons. The zero-order valence-corrected chi connectivity index (χ0v) is 15.2. The molecule has 1 fully saturated rings. The van der Waals surface area contributed by atoms with Crippen molar-refractivity contribution in [2.75, 3.05) is 13.1 Å². The van der Waals surface area contributed by atoms with Gasteiger partial charge in [0.1, 0.15) is 11.5 Å². The molecule has 6 nitrogen and oxygen atoms in total. The third-order valence-electron chi connectivity index (χ3n) is 4.51. The van der Waals surface area contributed by atoms with E-state index in [2.05, 4.69) is 15.4 Å². The van der Waals surface area contributed by atoms with Gasteiger partial charge in [-0.25, -0.2) is 0 Å². The molecule has 3 N–H and O–H groups in total. The lowest BCUT2D eigenvalue weighted by Crippen LogP contribution is -2.35. The molecule has 2 aromatic rings. The summed E-state index contributed by atoms with van der Waals surface area (Å²) >= 11 is 0. The average Bonchev–Trinajstić information content (AvgIpc) is 3.45. The predicted molar refractivity (Wildman–Crippen MR) is 97.4 cm³/mol. The Balaban J connectivity index is 1.45. The van der Waals surface area contributed by atoms with Gasteiger partial charge >= 0.3 is 6.36 Å². The van der Waals surface area contributed by atoms with Crippen molar-refractivity contribution in [3.8, 4) is 11.5 Å². The monoisotopic (exact) mass is 408 g/mol. The van der Waals surface area contributed by atoms with Gasteiger partial charge in [0.15, 0.2) is 0 Å². The number of aromatic hydroxyl groups is 1. The Labute approximate surface area is 164 Å². The van der Waals surface area contributed by atoms with Crippen LogP contribution in [0.2, 0.25) is 0 Å². The molecule has 1 aliphatic rings. The second kappa shape index (κ2) is 8.42. The number of hydrogen-bond acceptors (Lipinski definition) is 4. The molecule has 9 heteroatoms. The van der Waals surface area contributed by atoms with Crippen LogP contribution in [0.25, 0.3) is 0 Å². The minimum atomic E-state index is -4.79. The Morgan fingerprint density at radius 2 is 1.69 bits per heavy atom. The molecule has 0 saturated heterocycles. The predicted octanol–water partition coefficient (Wildman–Crippen LogP) is 2.94. The fraction of sp³-hybridized carbons (Fsp3) is 0.300. The van der Waals surface area contributed by atoms with Gasteiger partial charge in [0, 0.05) is 24.6 Å². The molecule has 3 rings (SSSR count). The van der Waals surface area contributed by atoms with Crippen LogP contribution in [-0.2, 0) is 4.79 Å². The second-order valence-electron chi connectivity index (χ2n) is 6.63. The van der Waals surface area contributed by atoms with Gasteiger partial charge in [-0.05, 0) is 48.2 Å². The lowest BCUT2D eigenvalue weighted by atomic mass is 10.1. The number of nitrogens with one attached hydrogen (secondary N) is 2. The van der Waals surface area contributed by atoms with Crippen molar-refractivity contribution in [2.45, 2.75) is 18.7 Å². The quantitative estimate of drug-likeness (QED) is 0.615. The first-order chi connectivity index (χ1) is 13.7. The molecule has 0 aromatic heterocycles. The molecule has 1 aliphatic carbocycles. The summed E-state index contributed by atoms with van der Waals surface area (Å²) < 4.78 is 41.6. The Morgan fingerprint density at radius 3 is 2.38 bits per heavy atom. The SMILES string of the molecule is O=C(NCCNC(=O)[C@H]1C[C@H]1c1ccccc1OC(F)(F)F)c1ccc(O)cc1. The van der Waals surface area contributed by atoms with Crippen molar-refractivity contribution in [3.05, 3.63) is 59.7 Å². The maximum absolute atomic E-state index is 12.5. The van der Waals surface area contributed by atoms with Crippen LogP contribution in [0.15, 0.2) is 48.5 Å². The van der Waals surface area contributed by atoms with Gasteiger partial charge in [-0.3, -0.25) is 9.59 Å². The van der Waals surface area contributed by atoms with E-state index >= 15 is 0 Å². The fourth-order valence-electron chi connectivity index (χ4n) is 3.04. The number of carbonyl (C=O) groups is 2. The van der Waals surface area contributed by atoms with Gasteiger partial charge in [-0.15, -0.1) is 13.2 Å². The van der Waals surface area contributed by atoms with Gasteiger partial charge in [0.25, 0.3) is 5.91 Å². The first-order valence-electron chi connectivity index (χ1n) is 8.94. The van der Waals surface area contributed by atoms with Crippen molar-refractivity contribution in [1.82, 2.24) is 10.6 Å². The van der Waals surface area contributed by atoms with E-state index in [0.717, 1.165) is 0 Å². The molecule has 29 heavy (non-hydrogen) atoms. The van der Waals surface area contributed by atoms with E-state index in [1.807, 2.05) is 0 Å². The summed E-state index contributed by atoms with van der Waals surface area (Å²) in [7, 11) is 0. The second-order valence-corrected chi connectivity index (χ2v) is 6.63. The van der Waals surface area contributed by atoms with Crippen molar-refractivity contribution in [2.24, 2.45) is 5.92 Å². The van der Waals surface area contributed by atoms with Gasteiger partial charge in [-0.2, -0.15) is 0 Å². The number of halogens is 3. The number of ether oxygens (including phenoxy) is 1. The first kappa shape index (κ1) is 20.5. The number of para-hydroxylation sites is 1. The minimum Gasteiger partial charge on any atom is -0.508 e. The average molecular weight is 408 g/mol. The maximum Gasteiger partial charge on any atom is 0.573 e. The van der Waals surface area contributed by atoms with Crippen LogP contribution in [0.5, 0.6) is 11.5 Å². The van der Waals surface area contributed by atoms with Crippen LogP contribution in [0.1, 0.15) is 28.3 Å². The summed E-state index contributed by atoms with van der Waals surface area (Å²) in [6, 6.07) is 11.5. The van der Waals surface area contributed by atoms with E-state index in [0.29, 0.717) is 17.5 Å². The Bertz CT molecular complexity index is 884. The number of hydrogen-bond donors (Lipinski definition) is 3. The van der Waals surface area contributed by atoms with Gasteiger partial charge in [0.2, 0.25) is 5.91 Å². The van der Waals surface area contributed by atoms with Crippen LogP contribution >= 0.6 is 0 Å². The Hall–Kier alpha value is -3.23. The largest absolute Gasteiger partial charge is 0.573 e. The van der Waals surface area contributed by atoms with Gasteiger partial charge in [0.05, 0.1) is 0 Å². The zero-order chi connectivity index (χ0) is 21.0. The highest BCUT2D eigenvalue weighted by Gasteiger charge is 2.46. The summed E-state index contributed by atoms with van der Waals surface area (Å²) in [5.74, 6) is -1.63. The van der Waals surface area contributed by atoms with E-state index in [1.165, 1.54) is 42.5 Å². The molecule has 0 heterocycles. The van der Waals surface area contributed by atoms with E-state index < -0.39 is 12.3 Å². The van der Waals surface area contributed by atoms with Crippen LogP contribution in [-0.4, -0.2) is 36.4 Å². The highest BCUT2D eigenvalue weighted by Crippen LogP contribution is 2.50. The number of carbonyl (C=O) groups excluding carboxylic acids is 2. The van der Waals surface area contributed by atoms with E-state index in [1.54, 1.807) is 6.07 Å². The fourth-order valence-corrected chi connectivity index (χ4v) is 3.04. The Morgan fingerprint density at radius 1 is 1.03 bits per heavy atom. The van der Waals surface area contributed by atoms with Gasteiger partial charge < -0.3 is 20.5 Å². The van der Waals surface area contributed by atoms with E-state index in [9.17, 15) is 27.9 Å². The van der Waals surface area contributed by atoms with E-state index in [-0.39, 0.29) is 42.3 Å².